The number of fused-ring (bicyclic) bond motifs is 1. The first-order chi connectivity index (χ1) is 17.3. The average Bonchev–Trinajstić information content (AvgIpc) is 3.46. The molecule has 0 aliphatic carbocycles. The molecule has 0 radical (unpaired) electrons. The zero-order valence-corrected chi connectivity index (χ0v) is 20.3. The summed E-state index contributed by atoms with van der Waals surface area (Å²) in [4.78, 5) is 16.3. The Morgan fingerprint density at radius 1 is 1.06 bits per heavy atom. The van der Waals surface area contributed by atoms with E-state index >= 15 is 0 Å². The number of aromatic nitrogens is 3. The van der Waals surface area contributed by atoms with Gasteiger partial charge in [-0.2, -0.15) is 0 Å². The maximum absolute atomic E-state index is 6.50. The fourth-order valence-electron chi connectivity index (χ4n) is 4.55. The standard InChI is InChI=1S/C26H28N6O2S/c1-3-21(32-10-12-33-13-11-32)4-2-20(1)30-26-29-17-19-15-18(25-28-9-14-35-25)16-23(24(19)31-26)34-22-5-7-27-8-6-22/h1-4,9,14-17,22,27H,5-8,10-13H2,(H,29,30,31). The molecule has 6 rings (SSSR count). The number of nitrogens with zero attached hydrogens (tertiary/aromatic N) is 4. The van der Waals surface area contributed by atoms with Gasteiger partial charge in [-0.05, 0) is 62.3 Å². The molecule has 0 atom stereocenters. The second-order valence-corrected chi connectivity index (χ2v) is 9.68. The first kappa shape index (κ1) is 22.2. The molecule has 0 amide bonds. The summed E-state index contributed by atoms with van der Waals surface area (Å²) in [6.45, 7) is 5.33. The van der Waals surface area contributed by atoms with E-state index in [1.807, 2.05) is 17.8 Å². The highest BCUT2D eigenvalue weighted by atomic mass is 32.1. The largest absolute Gasteiger partial charge is 0.488 e. The molecule has 2 saturated heterocycles. The summed E-state index contributed by atoms with van der Waals surface area (Å²) in [5.41, 5.74) is 3.98. The Labute approximate surface area is 208 Å². The molecule has 180 valence electrons. The summed E-state index contributed by atoms with van der Waals surface area (Å²) >= 11 is 1.62. The van der Waals surface area contributed by atoms with Gasteiger partial charge in [0.15, 0.2) is 0 Å². The highest BCUT2D eigenvalue weighted by Crippen LogP contribution is 2.34. The van der Waals surface area contributed by atoms with Crippen molar-refractivity contribution in [3.8, 4) is 16.3 Å². The fraction of sp³-hybridized carbons (Fsp3) is 0.346. The molecule has 0 saturated carbocycles. The molecule has 0 unspecified atom stereocenters. The van der Waals surface area contributed by atoms with Gasteiger partial charge in [-0.25, -0.2) is 15.0 Å². The van der Waals surface area contributed by atoms with Crippen LogP contribution >= 0.6 is 11.3 Å². The smallest absolute Gasteiger partial charge is 0.227 e. The first-order valence-corrected chi connectivity index (χ1v) is 13.0. The van der Waals surface area contributed by atoms with Crippen molar-refractivity contribution in [2.24, 2.45) is 0 Å². The number of anilines is 3. The van der Waals surface area contributed by atoms with Crippen molar-refractivity contribution in [1.29, 1.82) is 0 Å². The topological polar surface area (TPSA) is 84.4 Å². The van der Waals surface area contributed by atoms with Crippen molar-refractivity contribution < 1.29 is 9.47 Å². The van der Waals surface area contributed by atoms with Crippen LogP contribution in [0.3, 0.4) is 0 Å². The summed E-state index contributed by atoms with van der Waals surface area (Å²) < 4.78 is 12.0. The van der Waals surface area contributed by atoms with Gasteiger partial charge in [0.2, 0.25) is 5.95 Å². The van der Waals surface area contributed by atoms with E-state index in [1.54, 1.807) is 11.3 Å². The van der Waals surface area contributed by atoms with Crippen LogP contribution in [0.5, 0.6) is 5.75 Å². The lowest BCUT2D eigenvalue weighted by Gasteiger charge is -2.28. The third-order valence-electron chi connectivity index (χ3n) is 6.41. The second kappa shape index (κ2) is 10.2. The maximum atomic E-state index is 6.50. The number of benzene rings is 2. The highest BCUT2D eigenvalue weighted by molar-refractivity contribution is 7.13. The second-order valence-electron chi connectivity index (χ2n) is 8.78. The fourth-order valence-corrected chi connectivity index (χ4v) is 5.18. The summed E-state index contributed by atoms with van der Waals surface area (Å²) in [7, 11) is 0. The quantitative estimate of drug-likeness (QED) is 0.411. The van der Waals surface area contributed by atoms with Crippen LogP contribution in [0.1, 0.15) is 12.8 Å². The number of hydrogen-bond donors (Lipinski definition) is 2. The normalized spacial score (nSPS) is 17.0. The molecule has 8 nitrogen and oxygen atoms in total. The molecule has 2 aliphatic heterocycles. The van der Waals surface area contributed by atoms with Crippen molar-refractivity contribution >= 4 is 39.6 Å². The van der Waals surface area contributed by atoms with E-state index in [-0.39, 0.29) is 6.10 Å². The number of ether oxygens (including phenoxy) is 2. The van der Waals surface area contributed by atoms with Gasteiger partial charge >= 0.3 is 0 Å². The Bertz CT molecular complexity index is 1270. The SMILES string of the molecule is c1csc(-c2cc(OC3CCNCC3)c3nc(Nc4ccc(N5CCOCC5)cc4)ncc3c2)n1. The minimum Gasteiger partial charge on any atom is -0.488 e. The third-order valence-corrected chi connectivity index (χ3v) is 7.23. The first-order valence-electron chi connectivity index (χ1n) is 12.1. The van der Waals surface area contributed by atoms with E-state index in [1.165, 1.54) is 5.69 Å². The zero-order chi connectivity index (χ0) is 23.5. The molecule has 9 heteroatoms. The van der Waals surface area contributed by atoms with Gasteiger partial charge < -0.3 is 25.0 Å². The molecule has 35 heavy (non-hydrogen) atoms. The Morgan fingerprint density at radius 3 is 2.66 bits per heavy atom. The lowest BCUT2D eigenvalue weighted by molar-refractivity contribution is 0.122. The molecule has 2 N–H and O–H groups in total. The summed E-state index contributed by atoms with van der Waals surface area (Å²) in [6.07, 6.45) is 5.82. The van der Waals surface area contributed by atoms with Crippen molar-refractivity contribution in [3.05, 3.63) is 54.2 Å². The Hall–Kier alpha value is -3.27. The van der Waals surface area contributed by atoms with E-state index in [9.17, 15) is 0 Å². The minimum absolute atomic E-state index is 0.171. The van der Waals surface area contributed by atoms with E-state index in [2.05, 4.69) is 61.9 Å². The zero-order valence-electron chi connectivity index (χ0n) is 19.4. The van der Waals surface area contributed by atoms with E-state index in [0.29, 0.717) is 5.95 Å². The van der Waals surface area contributed by atoms with Crippen LogP contribution in [0, 0.1) is 0 Å². The van der Waals surface area contributed by atoms with Crippen molar-refractivity contribution in [3.63, 3.8) is 0 Å². The number of piperidine rings is 1. The molecule has 2 fully saturated rings. The van der Waals surface area contributed by atoms with Crippen molar-refractivity contribution in [2.45, 2.75) is 18.9 Å². The van der Waals surface area contributed by atoms with Crippen molar-refractivity contribution in [2.75, 3.05) is 49.6 Å². The molecule has 0 spiro atoms. The van der Waals surface area contributed by atoms with Crippen molar-refractivity contribution in [1.82, 2.24) is 20.3 Å². The number of rotatable bonds is 6. The van der Waals surface area contributed by atoms with Crippen LogP contribution in [0.25, 0.3) is 21.5 Å². The highest BCUT2D eigenvalue weighted by Gasteiger charge is 2.18. The number of nitrogens with one attached hydrogen (secondary N) is 2. The van der Waals surface area contributed by atoms with E-state index < -0.39 is 0 Å². The van der Waals surface area contributed by atoms with Crippen LogP contribution in [0.4, 0.5) is 17.3 Å². The minimum atomic E-state index is 0.171. The van der Waals surface area contributed by atoms with Gasteiger partial charge in [-0.1, -0.05) is 0 Å². The third kappa shape index (κ3) is 5.07. The molecule has 4 heterocycles. The predicted octanol–water partition coefficient (Wildman–Crippen LogP) is 4.46. The van der Waals surface area contributed by atoms with E-state index in [0.717, 1.165) is 85.1 Å². The monoisotopic (exact) mass is 488 g/mol. The Balaban J connectivity index is 1.28. The number of thiazole rings is 1. The summed E-state index contributed by atoms with van der Waals surface area (Å²) in [5.74, 6) is 1.33. The Morgan fingerprint density at radius 2 is 1.89 bits per heavy atom. The number of hydrogen-bond acceptors (Lipinski definition) is 9. The van der Waals surface area contributed by atoms with Gasteiger partial charge in [0.25, 0.3) is 0 Å². The molecule has 2 aromatic heterocycles. The van der Waals surface area contributed by atoms with Gasteiger partial charge in [-0.15, -0.1) is 11.3 Å². The lowest BCUT2D eigenvalue weighted by Crippen LogP contribution is -2.36. The molecule has 2 aromatic carbocycles. The molecule has 4 aromatic rings. The van der Waals surface area contributed by atoms with Crippen LogP contribution in [-0.4, -0.2) is 60.4 Å². The van der Waals surface area contributed by atoms with Gasteiger partial charge in [0.1, 0.15) is 22.4 Å². The molecular weight excluding hydrogens is 460 g/mol. The van der Waals surface area contributed by atoms with Gasteiger partial charge in [0, 0.05) is 53.2 Å². The van der Waals surface area contributed by atoms with Crippen LogP contribution in [0.15, 0.2) is 54.2 Å². The molecule has 0 bridgehead atoms. The van der Waals surface area contributed by atoms with Crippen LogP contribution in [0.2, 0.25) is 0 Å². The average molecular weight is 489 g/mol. The molecular formula is C26H28N6O2S. The Kier molecular flexibility index (Phi) is 6.44. The van der Waals surface area contributed by atoms with Gasteiger partial charge in [0.05, 0.1) is 13.2 Å². The lowest BCUT2D eigenvalue weighted by atomic mass is 10.1. The predicted molar refractivity (Wildman–Crippen MR) is 140 cm³/mol. The van der Waals surface area contributed by atoms with E-state index in [4.69, 9.17) is 14.5 Å². The molecule has 2 aliphatic rings. The maximum Gasteiger partial charge on any atom is 0.227 e. The summed E-state index contributed by atoms with van der Waals surface area (Å²) in [5, 5.41) is 10.6. The summed E-state index contributed by atoms with van der Waals surface area (Å²) in [6, 6.07) is 12.5. The number of morpholine rings is 1. The van der Waals surface area contributed by atoms with Crippen LogP contribution in [-0.2, 0) is 4.74 Å². The van der Waals surface area contributed by atoms with Crippen LogP contribution < -0.4 is 20.3 Å². The van der Waals surface area contributed by atoms with Gasteiger partial charge in [-0.3, -0.25) is 0 Å².